The highest BCUT2D eigenvalue weighted by Gasteiger charge is 2.27. The first-order valence-corrected chi connectivity index (χ1v) is 7.13. The lowest BCUT2D eigenvalue weighted by molar-refractivity contribution is -0.117. The van der Waals surface area contributed by atoms with E-state index in [4.69, 9.17) is 5.73 Å². The fourth-order valence-electron chi connectivity index (χ4n) is 1.86. The van der Waals surface area contributed by atoms with Crippen molar-refractivity contribution in [2.45, 2.75) is 17.4 Å². The zero-order chi connectivity index (χ0) is 12.6. The van der Waals surface area contributed by atoms with Crippen LogP contribution in [0, 0.1) is 0 Å². The fraction of sp³-hybridized carbons (Fsp3) is 0.364. The van der Waals surface area contributed by atoms with E-state index >= 15 is 0 Å². The number of rotatable bonds is 2. The van der Waals surface area contributed by atoms with E-state index in [0.717, 1.165) is 6.26 Å². The topological polar surface area (TPSA) is 80.5 Å². The van der Waals surface area contributed by atoms with E-state index in [2.05, 4.69) is 0 Å². The first-order valence-electron chi connectivity index (χ1n) is 5.24. The summed E-state index contributed by atoms with van der Waals surface area (Å²) in [6.07, 6.45) is 1.49. The molecule has 1 atom stereocenters. The molecule has 1 saturated heterocycles. The van der Waals surface area contributed by atoms with Crippen LogP contribution >= 0.6 is 0 Å². The minimum atomic E-state index is -3.20. The lowest BCUT2D eigenvalue weighted by atomic mass is 10.3. The maximum Gasteiger partial charge on any atom is 0.228 e. The van der Waals surface area contributed by atoms with E-state index in [1.165, 1.54) is 12.1 Å². The molecule has 1 aromatic rings. The van der Waals surface area contributed by atoms with Crippen molar-refractivity contribution in [2.75, 3.05) is 17.7 Å². The van der Waals surface area contributed by atoms with Crippen LogP contribution in [0.15, 0.2) is 29.2 Å². The van der Waals surface area contributed by atoms with Gasteiger partial charge in [0.1, 0.15) is 0 Å². The lowest BCUT2D eigenvalue weighted by Crippen LogP contribution is -2.27. The largest absolute Gasteiger partial charge is 0.326 e. The average molecular weight is 254 g/mol. The Balaban J connectivity index is 2.28. The highest BCUT2D eigenvalue weighted by molar-refractivity contribution is 7.90. The fourth-order valence-corrected chi connectivity index (χ4v) is 2.49. The normalized spacial score (nSPS) is 20.9. The van der Waals surface area contributed by atoms with E-state index < -0.39 is 9.84 Å². The third-order valence-corrected chi connectivity index (χ3v) is 3.86. The zero-order valence-corrected chi connectivity index (χ0v) is 10.3. The first kappa shape index (κ1) is 12.1. The molecule has 0 aromatic heterocycles. The molecular formula is C11H14N2O3S. The molecule has 1 aliphatic heterocycles. The van der Waals surface area contributed by atoms with Crippen LogP contribution in [0.3, 0.4) is 0 Å². The maximum atomic E-state index is 11.6. The summed E-state index contributed by atoms with van der Waals surface area (Å²) in [5.74, 6) is -0.0235. The Morgan fingerprint density at radius 3 is 2.29 bits per heavy atom. The third kappa shape index (κ3) is 2.48. The minimum Gasteiger partial charge on any atom is -0.326 e. The highest BCUT2D eigenvalue weighted by Crippen LogP contribution is 2.22. The van der Waals surface area contributed by atoms with Crippen LogP contribution in [0.25, 0.3) is 0 Å². The van der Waals surface area contributed by atoms with E-state index in [1.54, 1.807) is 17.0 Å². The molecule has 0 radical (unpaired) electrons. The Bertz CT molecular complexity index is 536. The zero-order valence-electron chi connectivity index (χ0n) is 9.46. The molecule has 2 rings (SSSR count). The van der Waals surface area contributed by atoms with Crippen molar-refractivity contribution in [1.82, 2.24) is 0 Å². The number of amides is 1. The van der Waals surface area contributed by atoms with Crippen molar-refractivity contribution < 1.29 is 13.2 Å². The molecule has 17 heavy (non-hydrogen) atoms. The standard InChI is InChI=1S/C11H14N2O3S/c1-17(15,16)10-4-2-9(3-5-10)13-7-8(12)6-11(13)14/h2-5,8H,6-7,12H2,1H3. The summed E-state index contributed by atoms with van der Waals surface area (Å²) < 4.78 is 22.6. The number of hydrogen-bond donors (Lipinski definition) is 1. The number of sulfone groups is 1. The number of carbonyl (C=O) groups excluding carboxylic acids is 1. The minimum absolute atomic E-state index is 0.0235. The molecule has 5 nitrogen and oxygen atoms in total. The monoisotopic (exact) mass is 254 g/mol. The van der Waals surface area contributed by atoms with E-state index in [-0.39, 0.29) is 16.8 Å². The van der Waals surface area contributed by atoms with Gasteiger partial charge in [0.25, 0.3) is 0 Å². The van der Waals surface area contributed by atoms with Gasteiger partial charge in [0, 0.05) is 31.0 Å². The predicted molar refractivity (Wildman–Crippen MR) is 64.5 cm³/mol. The molecule has 1 unspecified atom stereocenters. The van der Waals surface area contributed by atoms with Gasteiger partial charge in [-0.2, -0.15) is 0 Å². The number of carbonyl (C=O) groups is 1. The molecule has 0 spiro atoms. The van der Waals surface area contributed by atoms with Gasteiger partial charge in [-0.3, -0.25) is 4.79 Å². The molecule has 92 valence electrons. The summed E-state index contributed by atoms with van der Waals surface area (Å²) >= 11 is 0. The molecule has 0 bridgehead atoms. The lowest BCUT2D eigenvalue weighted by Gasteiger charge is -2.16. The number of hydrogen-bond acceptors (Lipinski definition) is 4. The Morgan fingerprint density at radius 1 is 1.29 bits per heavy atom. The van der Waals surface area contributed by atoms with Gasteiger partial charge in [-0.25, -0.2) is 8.42 Å². The summed E-state index contributed by atoms with van der Waals surface area (Å²) in [7, 11) is -3.20. The van der Waals surface area contributed by atoms with Gasteiger partial charge >= 0.3 is 0 Å². The maximum absolute atomic E-state index is 11.6. The van der Waals surface area contributed by atoms with Crippen molar-refractivity contribution in [1.29, 1.82) is 0 Å². The second kappa shape index (κ2) is 4.12. The number of nitrogens with two attached hydrogens (primary N) is 1. The van der Waals surface area contributed by atoms with Crippen LogP contribution < -0.4 is 10.6 Å². The van der Waals surface area contributed by atoms with Crippen molar-refractivity contribution in [3.8, 4) is 0 Å². The van der Waals surface area contributed by atoms with Crippen molar-refractivity contribution in [2.24, 2.45) is 5.73 Å². The molecule has 2 N–H and O–H groups in total. The summed E-state index contributed by atoms with van der Waals surface area (Å²) in [4.78, 5) is 13.4. The summed E-state index contributed by atoms with van der Waals surface area (Å²) in [5.41, 5.74) is 6.38. The van der Waals surface area contributed by atoms with Crippen LogP contribution in [0.5, 0.6) is 0 Å². The Hall–Kier alpha value is -1.40. The van der Waals surface area contributed by atoms with Crippen LogP contribution in [-0.4, -0.2) is 33.2 Å². The summed E-state index contributed by atoms with van der Waals surface area (Å²) in [5, 5.41) is 0. The van der Waals surface area contributed by atoms with Crippen molar-refractivity contribution >= 4 is 21.4 Å². The summed E-state index contributed by atoms with van der Waals surface area (Å²) in [6, 6.07) is 6.12. The molecule has 6 heteroatoms. The van der Waals surface area contributed by atoms with Crippen LogP contribution in [-0.2, 0) is 14.6 Å². The second-order valence-corrected chi connectivity index (χ2v) is 6.25. The molecule has 0 aliphatic carbocycles. The molecule has 1 aliphatic rings. The van der Waals surface area contributed by atoms with Gasteiger partial charge in [0.05, 0.1) is 4.90 Å². The SMILES string of the molecule is CS(=O)(=O)c1ccc(N2CC(N)CC2=O)cc1. The van der Waals surface area contributed by atoms with Crippen LogP contribution in [0.1, 0.15) is 6.42 Å². The number of benzene rings is 1. The van der Waals surface area contributed by atoms with Gasteiger partial charge in [0.15, 0.2) is 9.84 Å². The van der Waals surface area contributed by atoms with Crippen molar-refractivity contribution in [3.05, 3.63) is 24.3 Å². The molecule has 1 amide bonds. The second-order valence-electron chi connectivity index (χ2n) is 4.23. The highest BCUT2D eigenvalue weighted by atomic mass is 32.2. The van der Waals surface area contributed by atoms with Crippen molar-refractivity contribution in [3.63, 3.8) is 0 Å². The Morgan fingerprint density at radius 2 is 1.88 bits per heavy atom. The molecular weight excluding hydrogens is 240 g/mol. The van der Waals surface area contributed by atoms with Gasteiger partial charge < -0.3 is 10.6 Å². The van der Waals surface area contributed by atoms with Gasteiger partial charge in [-0.1, -0.05) is 0 Å². The molecule has 1 heterocycles. The molecule has 0 saturated carbocycles. The Kier molecular flexibility index (Phi) is 2.92. The number of anilines is 1. The predicted octanol–water partition coefficient (Wildman–Crippen LogP) is 0.154. The van der Waals surface area contributed by atoms with Gasteiger partial charge in [-0.05, 0) is 24.3 Å². The van der Waals surface area contributed by atoms with Crippen LogP contribution in [0.2, 0.25) is 0 Å². The summed E-state index contributed by atoms with van der Waals surface area (Å²) in [6.45, 7) is 0.483. The first-order chi connectivity index (χ1) is 7.88. The number of nitrogens with zero attached hydrogens (tertiary/aromatic N) is 1. The van der Waals surface area contributed by atoms with Gasteiger partial charge in [-0.15, -0.1) is 0 Å². The van der Waals surface area contributed by atoms with Gasteiger partial charge in [0.2, 0.25) is 5.91 Å². The molecule has 1 aromatic carbocycles. The Labute approximate surface area is 100 Å². The van der Waals surface area contributed by atoms with E-state index in [9.17, 15) is 13.2 Å². The van der Waals surface area contributed by atoms with E-state index in [1.807, 2.05) is 0 Å². The van der Waals surface area contributed by atoms with E-state index in [0.29, 0.717) is 18.7 Å². The quantitative estimate of drug-likeness (QED) is 0.815. The third-order valence-electron chi connectivity index (χ3n) is 2.73. The van der Waals surface area contributed by atoms with Crippen LogP contribution in [0.4, 0.5) is 5.69 Å². The average Bonchev–Trinajstić information content (AvgIpc) is 2.57. The smallest absolute Gasteiger partial charge is 0.228 e. The molecule has 1 fully saturated rings.